The van der Waals surface area contributed by atoms with E-state index in [0.717, 1.165) is 43.6 Å². The van der Waals surface area contributed by atoms with E-state index in [1.807, 2.05) is 19.1 Å². The van der Waals surface area contributed by atoms with Crippen molar-refractivity contribution in [1.29, 1.82) is 0 Å². The lowest BCUT2D eigenvalue weighted by Gasteiger charge is -2.29. The number of morpholine rings is 1. The molecule has 2 aliphatic rings. The molecule has 0 unspecified atom stereocenters. The minimum atomic E-state index is -3.85. The molecular formula is C22H29N3O5S2. The first-order valence-electron chi connectivity index (χ1n) is 10.8. The van der Waals surface area contributed by atoms with Gasteiger partial charge in [0.05, 0.1) is 28.7 Å². The van der Waals surface area contributed by atoms with Crippen molar-refractivity contribution in [2.75, 3.05) is 49.0 Å². The van der Waals surface area contributed by atoms with Crippen molar-refractivity contribution >= 4 is 31.4 Å². The van der Waals surface area contributed by atoms with Crippen LogP contribution in [-0.2, 0) is 24.8 Å². The highest BCUT2D eigenvalue weighted by Crippen LogP contribution is 2.27. The van der Waals surface area contributed by atoms with Gasteiger partial charge in [-0.1, -0.05) is 6.42 Å². The number of ether oxygens (including phenoxy) is 1. The number of anilines is 2. The van der Waals surface area contributed by atoms with Gasteiger partial charge in [-0.15, -0.1) is 0 Å². The number of aryl methyl sites for hydroxylation is 1. The van der Waals surface area contributed by atoms with E-state index in [1.165, 1.54) is 28.6 Å². The maximum absolute atomic E-state index is 12.9. The van der Waals surface area contributed by atoms with Crippen LogP contribution in [0.2, 0.25) is 0 Å². The Labute approximate surface area is 190 Å². The maximum Gasteiger partial charge on any atom is 0.261 e. The van der Waals surface area contributed by atoms with Gasteiger partial charge in [0.25, 0.3) is 10.0 Å². The highest BCUT2D eigenvalue weighted by atomic mass is 32.2. The van der Waals surface area contributed by atoms with Gasteiger partial charge in [0.2, 0.25) is 10.0 Å². The summed E-state index contributed by atoms with van der Waals surface area (Å²) in [4.78, 5) is 2.34. The van der Waals surface area contributed by atoms with E-state index in [1.54, 1.807) is 6.07 Å². The number of rotatable bonds is 6. The molecule has 0 saturated carbocycles. The van der Waals surface area contributed by atoms with Gasteiger partial charge in [-0.2, -0.15) is 4.31 Å². The van der Waals surface area contributed by atoms with Crippen molar-refractivity contribution in [3.05, 3.63) is 48.0 Å². The Morgan fingerprint density at radius 1 is 0.812 bits per heavy atom. The Morgan fingerprint density at radius 2 is 1.44 bits per heavy atom. The molecule has 32 heavy (non-hydrogen) atoms. The number of sulfonamides is 2. The summed E-state index contributed by atoms with van der Waals surface area (Å²) in [5.74, 6) is 0. The van der Waals surface area contributed by atoms with Crippen LogP contribution in [0.5, 0.6) is 0 Å². The topological polar surface area (TPSA) is 96.0 Å². The first-order chi connectivity index (χ1) is 15.3. The maximum atomic E-state index is 12.9. The van der Waals surface area contributed by atoms with Crippen molar-refractivity contribution < 1.29 is 21.6 Å². The first-order valence-corrected chi connectivity index (χ1v) is 13.8. The molecule has 174 valence electrons. The fourth-order valence-electron chi connectivity index (χ4n) is 4.03. The quantitative estimate of drug-likeness (QED) is 0.685. The minimum absolute atomic E-state index is 0.0201. The normalized spacial score (nSPS) is 18.5. The molecule has 2 aromatic rings. The number of hydrogen-bond donors (Lipinski definition) is 1. The fraction of sp³-hybridized carbons (Fsp3) is 0.455. The smallest absolute Gasteiger partial charge is 0.261 e. The van der Waals surface area contributed by atoms with E-state index in [4.69, 9.17) is 4.74 Å². The van der Waals surface area contributed by atoms with Crippen LogP contribution >= 0.6 is 0 Å². The summed E-state index contributed by atoms with van der Waals surface area (Å²) in [6, 6.07) is 11.0. The van der Waals surface area contributed by atoms with Gasteiger partial charge < -0.3 is 9.64 Å². The van der Waals surface area contributed by atoms with Gasteiger partial charge in [-0.25, -0.2) is 16.8 Å². The molecule has 0 radical (unpaired) electrons. The van der Waals surface area contributed by atoms with Crippen LogP contribution in [0, 0.1) is 6.92 Å². The van der Waals surface area contributed by atoms with Crippen LogP contribution in [0.3, 0.4) is 0 Å². The second-order valence-corrected chi connectivity index (χ2v) is 11.8. The lowest BCUT2D eigenvalue weighted by atomic mass is 10.1. The zero-order chi connectivity index (χ0) is 22.8. The Bertz CT molecular complexity index is 1150. The molecule has 0 spiro atoms. The average molecular weight is 480 g/mol. The van der Waals surface area contributed by atoms with Crippen molar-refractivity contribution in [3.63, 3.8) is 0 Å². The van der Waals surface area contributed by atoms with Crippen molar-refractivity contribution in [1.82, 2.24) is 4.31 Å². The average Bonchev–Trinajstić information content (AvgIpc) is 2.81. The zero-order valence-electron chi connectivity index (χ0n) is 18.2. The van der Waals surface area contributed by atoms with Crippen molar-refractivity contribution in [2.24, 2.45) is 0 Å². The second kappa shape index (κ2) is 9.38. The van der Waals surface area contributed by atoms with Crippen LogP contribution in [0.4, 0.5) is 11.4 Å². The molecule has 1 N–H and O–H groups in total. The Balaban J connectivity index is 1.50. The Morgan fingerprint density at radius 3 is 2.06 bits per heavy atom. The summed E-state index contributed by atoms with van der Waals surface area (Å²) in [6.07, 6.45) is 2.72. The molecule has 0 aromatic heterocycles. The number of benzene rings is 2. The molecule has 2 fully saturated rings. The highest BCUT2D eigenvalue weighted by Gasteiger charge is 2.26. The fourth-order valence-corrected chi connectivity index (χ4v) is 6.68. The summed E-state index contributed by atoms with van der Waals surface area (Å²) in [5.41, 5.74) is 2.33. The standard InChI is InChI=1S/C22H29N3O5S2/c1-18-17-19(24-13-15-30-16-14-24)5-10-22(18)23-31(26,27)20-6-8-21(9-7-20)32(28,29)25-11-3-2-4-12-25/h5-10,17,23H,2-4,11-16H2,1H3. The Hall–Kier alpha value is -2.14. The lowest BCUT2D eigenvalue weighted by Crippen LogP contribution is -2.36. The van der Waals surface area contributed by atoms with Crippen molar-refractivity contribution in [3.8, 4) is 0 Å². The van der Waals surface area contributed by atoms with Gasteiger partial charge in [0, 0.05) is 31.9 Å². The van der Waals surface area contributed by atoms with Gasteiger partial charge in [-0.3, -0.25) is 4.72 Å². The number of hydrogen-bond acceptors (Lipinski definition) is 6. The van der Waals surface area contributed by atoms with E-state index in [2.05, 4.69) is 9.62 Å². The minimum Gasteiger partial charge on any atom is -0.378 e. The summed E-state index contributed by atoms with van der Waals surface area (Å²) < 4.78 is 60.9. The zero-order valence-corrected chi connectivity index (χ0v) is 19.8. The summed E-state index contributed by atoms with van der Waals surface area (Å²) in [7, 11) is -7.45. The predicted octanol–water partition coefficient (Wildman–Crippen LogP) is 2.81. The molecule has 2 saturated heterocycles. The molecule has 0 bridgehead atoms. The third-order valence-electron chi connectivity index (χ3n) is 5.92. The molecule has 10 heteroatoms. The van der Waals surface area contributed by atoms with E-state index >= 15 is 0 Å². The third kappa shape index (κ3) is 4.93. The van der Waals surface area contributed by atoms with Crippen LogP contribution in [-0.4, -0.2) is 60.5 Å². The molecule has 2 aromatic carbocycles. The molecular weight excluding hydrogens is 450 g/mol. The molecule has 0 atom stereocenters. The van der Waals surface area contributed by atoms with Gasteiger partial charge in [-0.05, 0) is 67.8 Å². The lowest BCUT2D eigenvalue weighted by molar-refractivity contribution is 0.122. The van der Waals surface area contributed by atoms with Gasteiger partial charge >= 0.3 is 0 Å². The summed E-state index contributed by atoms with van der Waals surface area (Å²) >= 11 is 0. The van der Waals surface area contributed by atoms with Crippen LogP contribution in [0.25, 0.3) is 0 Å². The highest BCUT2D eigenvalue weighted by molar-refractivity contribution is 7.92. The summed E-state index contributed by atoms with van der Waals surface area (Å²) in [6.45, 7) is 5.83. The van der Waals surface area contributed by atoms with Crippen LogP contribution < -0.4 is 9.62 Å². The van der Waals surface area contributed by atoms with Crippen molar-refractivity contribution in [2.45, 2.75) is 36.0 Å². The SMILES string of the molecule is Cc1cc(N2CCOCC2)ccc1NS(=O)(=O)c1ccc(S(=O)(=O)N2CCCCC2)cc1. The summed E-state index contributed by atoms with van der Waals surface area (Å²) in [5, 5.41) is 0. The largest absolute Gasteiger partial charge is 0.378 e. The molecule has 0 aliphatic carbocycles. The number of nitrogens with zero attached hydrogens (tertiary/aromatic N) is 2. The molecule has 2 heterocycles. The number of piperidine rings is 1. The Kier molecular flexibility index (Phi) is 6.75. The van der Waals surface area contributed by atoms with Crippen LogP contribution in [0.1, 0.15) is 24.8 Å². The van der Waals surface area contributed by atoms with Gasteiger partial charge in [0.15, 0.2) is 0 Å². The van der Waals surface area contributed by atoms with Gasteiger partial charge in [0.1, 0.15) is 0 Å². The molecule has 4 rings (SSSR count). The van der Waals surface area contributed by atoms with Crippen LogP contribution in [0.15, 0.2) is 52.3 Å². The van der Waals surface area contributed by atoms with E-state index in [9.17, 15) is 16.8 Å². The third-order valence-corrected chi connectivity index (χ3v) is 9.21. The van der Waals surface area contributed by atoms with E-state index in [-0.39, 0.29) is 9.79 Å². The molecule has 0 amide bonds. The molecule has 2 aliphatic heterocycles. The second-order valence-electron chi connectivity index (χ2n) is 8.14. The predicted molar refractivity (Wildman–Crippen MR) is 124 cm³/mol. The number of nitrogens with one attached hydrogen (secondary N) is 1. The van der Waals surface area contributed by atoms with E-state index in [0.29, 0.717) is 32.0 Å². The van der Waals surface area contributed by atoms with E-state index < -0.39 is 20.0 Å². The molecule has 8 nitrogen and oxygen atoms in total. The monoisotopic (exact) mass is 479 g/mol. The first kappa shape index (κ1) is 23.0.